The van der Waals surface area contributed by atoms with E-state index in [0.29, 0.717) is 0 Å². The summed E-state index contributed by atoms with van der Waals surface area (Å²) in [5.74, 6) is 0. The van der Waals surface area contributed by atoms with Crippen molar-refractivity contribution >= 4 is 10.1 Å². The van der Waals surface area contributed by atoms with Crippen LogP contribution in [0.4, 0.5) is 13.2 Å². The molecule has 0 fully saturated rings. The molecule has 1 rings (SSSR count). The summed E-state index contributed by atoms with van der Waals surface area (Å²) < 4.78 is 58.9. The minimum atomic E-state index is -6.09. The molecule has 8 heteroatoms. The van der Waals surface area contributed by atoms with Crippen LogP contribution in [-0.4, -0.2) is 18.5 Å². The van der Waals surface area contributed by atoms with Gasteiger partial charge in [-0.3, -0.25) is 0 Å². The number of alkyl halides is 3. The summed E-state index contributed by atoms with van der Waals surface area (Å²) in [6.07, 6.45) is 6.34. The molecule has 0 aliphatic carbocycles. The van der Waals surface area contributed by atoms with Crippen molar-refractivity contribution in [1.82, 2.24) is 0 Å². The molecule has 0 saturated heterocycles. The molecule has 1 aromatic heterocycles. The number of halogens is 3. The average Bonchev–Trinajstić information content (AvgIpc) is 2.27. The van der Waals surface area contributed by atoms with Crippen molar-refractivity contribution < 1.29 is 31.1 Å². The number of aromatic nitrogens is 1. The summed E-state index contributed by atoms with van der Waals surface area (Å²) in [5, 5.41) is 0. The minimum absolute atomic E-state index is 1.12. The summed E-state index contributed by atoms with van der Waals surface area (Å²) in [6.45, 7) is 4.34. The van der Waals surface area contributed by atoms with Gasteiger partial charge >= 0.3 is 5.51 Å². The van der Waals surface area contributed by atoms with E-state index in [9.17, 15) is 13.2 Å². The average molecular weight is 285 g/mol. The molecule has 0 atom stereocenters. The molecule has 1 N–H and O–H groups in total. The van der Waals surface area contributed by atoms with E-state index >= 15 is 0 Å². The van der Waals surface area contributed by atoms with Crippen LogP contribution in [0.25, 0.3) is 0 Å². The Morgan fingerprint density at radius 3 is 1.72 bits per heavy atom. The van der Waals surface area contributed by atoms with Gasteiger partial charge in [-0.05, 0) is 18.9 Å². The fraction of sp³-hybridized carbons (Fsp3) is 0.500. The first-order valence-corrected chi connectivity index (χ1v) is 6.53. The Bertz CT molecular complexity index is 452. The van der Waals surface area contributed by atoms with E-state index in [2.05, 4.69) is 37.3 Å². The number of rotatable bonds is 2. The molecule has 0 aliphatic heterocycles. The van der Waals surface area contributed by atoms with Crippen molar-refractivity contribution in [2.24, 2.45) is 0 Å². The van der Waals surface area contributed by atoms with Crippen molar-refractivity contribution in [1.29, 1.82) is 0 Å². The quantitative estimate of drug-likeness (QED) is 0.613. The Kier molecular flexibility index (Phi) is 6.27. The monoisotopic (exact) mass is 285 g/mol. The fourth-order valence-electron chi connectivity index (χ4n) is 0.985. The number of pyridine rings is 1. The molecule has 0 unspecified atom stereocenters. The standard InChI is InChI=1S/C9H13N.CHF3O3S/c1-3-8-5-9(4-2)7-10-6-8;2-1(3,4)8(5,6)7/h5-7H,3-4H2,1-2H3;(H,5,6,7). The molecule has 0 amide bonds. The van der Waals surface area contributed by atoms with Gasteiger partial charge in [0.1, 0.15) is 0 Å². The van der Waals surface area contributed by atoms with Gasteiger partial charge in [-0.1, -0.05) is 13.8 Å². The number of aromatic amines is 1. The maximum atomic E-state index is 10.7. The molecule has 4 nitrogen and oxygen atoms in total. The molecule has 104 valence electrons. The van der Waals surface area contributed by atoms with Crippen LogP contribution in [-0.2, 0) is 23.0 Å². The lowest BCUT2D eigenvalue weighted by molar-refractivity contribution is -0.379. The topological polar surface area (TPSA) is 71.3 Å². The number of H-pyrrole nitrogens is 1. The predicted octanol–water partition coefficient (Wildman–Crippen LogP) is 1.68. The summed E-state index contributed by atoms with van der Waals surface area (Å²) in [6, 6.07) is 2.25. The first kappa shape index (κ1) is 16.9. The van der Waals surface area contributed by atoms with Crippen molar-refractivity contribution in [2.45, 2.75) is 32.2 Å². The highest BCUT2D eigenvalue weighted by atomic mass is 32.2. The third-order valence-corrected chi connectivity index (χ3v) is 2.58. The van der Waals surface area contributed by atoms with Crippen LogP contribution in [0.5, 0.6) is 0 Å². The van der Waals surface area contributed by atoms with Gasteiger partial charge in [0.15, 0.2) is 22.5 Å². The molecule has 0 spiro atoms. The zero-order chi connectivity index (χ0) is 14.4. The number of hydrogen-bond acceptors (Lipinski definition) is 3. The van der Waals surface area contributed by atoms with E-state index in [1.54, 1.807) is 0 Å². The van der Waals surface area contributed by atoms with Gasteiger partial charge in [-0.15, -0.1) is 0 Å². The molecular formula is C10H14F3NO3S. The molecule has 0 aromatic carbocycles. The van der Waals surface area contributed by atoms with Gasteiger partial charge in [0, 0.05) is 11.1 Å². The van der Waals surface area contributed by atoms with Crippen LogP contribution < -0.4 is 4.98 Å². The summed E-state index contributed by atoms with van der Waals surface area (Å²) >= 11 is 0. The molecule has 18 heavy (non-hydrogen) atoms. The molecule has 0 aliphatic rings. The van der Waals surface area contributed by atoms with Gasteiger partial charge in [-0.25, -0.2) is 13.4 Å². The highest BCUT2D eigenvalue weighted by Crippen LogP contribution is 2.20. The maximum absolute atomic E-state index is 10.7. The van der Waals surface area contributed by atoms with Crippen LogP contribution in [0.2, 0.25) is 0 Å². The Morgan fingerprint density at radius 2 is 1.50 bits per heavy atom. The first-order valence-electron chi connectivity index (χ1n) is 5.12. The van der Waals surface area contributed by atoms with E-state index < -0.39 is 15.6 Å². The van der Waals surface area contributed by atoms with E-state index in [-0.39, 0.29) is 0 Å². The number of nitrogens with one attached hydrogen (secondary N) is 1. The van der Waals surface area contributed by atoms with E-state index in [1.165, 1.54) is 11.1 Å². The van der Waals surface area contributed by atoms with Gasteiger partial charge in [-0.2, -0.15) is 13.2 Å². The lowest BCUT2D eigenvalue weighted by Gasteiger charge is -2.08. The van der Waals surface area contributed by atoms with Gasteiger partial charge in [0.25, 0.3) is 0 Å². The Labute approximate surface area is 104 Å². The van der Waals surface area contributed by atoms with E-state index in [1.807, 2.05) is 0 Å². The van der Waals surface area contributed by atoms with Crippen LogP contribution in [0, 0.1) is 0 Å². The molecule has 1 aromatic rings. The third kappa shape index (κ3) is 5.97. The second-order valence-electron chi connectivity index (χ2n) is 3.36. The van der Waals surface area contributed by atoms with Crippen LogP contribution in [0.15, 0.2) is 18.5 Å². The van der Waals surface area contributed by atoms with Crippen LogP contribution in [0.1, 0.15) is 25.0 Å². The van der Waals surface area contributed by atoms with Gasteiger partial charge in [0.2, 0.25) is 0 Å². The SMILES string of the molecule is CCc1c[nH+]cc(CC)c1.O=S(=O)([O-])C(F)(F)F. The normalized spacial score (nSPS) is 11.7. The Hall–Kier alpha value is -1.15. The Balaban J connectivity index is 0.000000331. The summed E-state index contributed by atoms with van der Waals surface area (Å²) in [4.78, 5) is 3.13. The van der Waals surface area contributed by atoms with Crippen molar-refractivity contribution in [3.05, 3.63) is 29.6 Å². The van der Waals surface area contributed by atoms with E-state index in [0.717, 1.165) is 12.8 Å². The van der Waals surface area contributed by atoms with Crippen molar-refractivity contribution in [2.75, 3.05) is 0 Å². The minimum Gasteiger partial charge on any atom is -0.741 e. The number of aryl methyl sites for hydroxylation is 2. The lowest BCUT2D eigenvalue weighted by Crippen LogP contribution is -2.21. The summed E-state index contributed by atoms with van der Waals surface area (Å²) in [5.41, 5.74) is -2.87. The molecule has 1 heterocycles. The second-order valence-corrected chi connectivity index (χ2v) is 4.73. The molecule has 0 saturated carbocycles. The summed E-state index contributed by atoms with van der Waals surface area (Å²) in [7, 11) is -6.09. The zero-order valence-electron chi connectivity index (χ0n) is 9.91. The Morgan fingerprint density at radius 1 is 1.17 bits per heavy atom. The highest BCUT2D eigenvalue weighted by molar-refractivity contribution is 7.86. The highest BCUT2D eigenvalue weighted by Gasteiger charge is 2.36. The lowest BCUT2D eigenvalue weighted by atomic mass is 10.1. The van der Waals surface area contributed by atoms with Crippen molar-refractivity contribution in [3.8, 4) is 0 Å². The molecule has 0 radical (unpaired) electrons. The largest absolute Gasteiger partial charge is 0.741 e. The van der Waals surface area contributed by atoms with Crippen LogP contribution in [0.3, 0.4) is 0 Å². The van der Waals surface area contributed by atoms with Crippen LogP contribution >= 0.6 is 0 Å². The second kappa shape index (κ2) is 6.69. The fourth-order valence-corrected chi connectivity index (χ4v) is 0.985. The molecule has 0 bridgehead atoms. The zero-order valence-corrected chi connectivity index (χ0v) is 10.7. The molecular weight excluding hydrogens is 271 g/mol. The van der Waals surface area contributed by atoms with Gasteiger partial charge < -0.3 is 4.55 Å². The number of hydrogen-bond donors (Lipinski definition) is 0. The van der Waals surface area contributed by atoms with E-state index in [4.69, 9.17) is 13.0 Å². The third-order valence-electron chi connectivity index (χ3n) is 2.01. The van der Waals surface area contributed by atoms with Gasteiger partial charge in [0.05, 0.1) is 0 Å². The smallest absolute Gasteiger partial charge is 0.485 e. The van der Waals surface area contributed by atoms with Crippen molar-refractivity contribution in [3.63, 3.8) is 0 Å². The first-order chi connectivity index (χ1) is 8.11. The maximum Gasteiger partial charge on any atom is 0.485 e. The predicted molar refractivity (Wildman–Crippen MR) is 57.5 cm³/mol.